The van der Waals surface area contributed by atoms with Crippen molar-refractivity contribution in [1.29, 1.82) is 0 Å². The fraction of sp³-hybridized carbons (Fsp3) is 0.200. The standard InChI is InChI=1S/C10H11FO/c1-2-7-12-10-5-3-9(8-11)4-6-10/h2-6H,1,7-8H2. The maximum Gasteiger partial charge on any atom is 0.119 e. The third-order valence-corrected chi connectivity index (χ3v) is 1.45. The van der Waals surface area contributed by atoms with Crippen LogP contribution in [0.15, 0.2) is 36.9 Å². The van der Waals surface area contributed by atoms with Crippen LogP contribution in [0.1, 0.15) is 5.56 Å². The molecular formula is C10H11FO. The molecule has 0 saturated carbocycles. The van der Waals surface area contributed by atoms with Crippen molar-refractivity contribution in [2.75, 3.05) is 6.61 Å². The summed E-state index contributed by atoms with van der Waals surface area (Å²) in [6.07, 6.45) is 1.67. The van der Waals surface area contributed by atoms with Gasteiger partial charge in [-0.3, -0.25) is 0 Å². The Morgan fingerprint density at radius 2 is 2.00 bits per heavy atom. The van der Waals surface area contributed by atoms with E-state index >= 15 is 0 Å². The summed E-state index contributed by atoms with van der Waals surface area (Å²) in [5, 5.41) is 0. The summed E-state index contributed by atoms with van der Waals surface area (Å²) in [7, 11) is 0. The number of alkyl halides is 1. The Bertz CT molecular complexity index is 241. The molecule has 0 aliphatic rings. The molecule has 0 unspecified atom stereocenters. The van der Waals surface area contributed by atoms with Crippen molar-refractivity contribution in [3.63, 3.8) is 0 Å². The van der Waals surface area contributed by atoms with Crippen LogP contribution in [-0.4, -0.2) is 6.61 Å². The van der Waals surface area contributed by atoms with Crippen molar-refractivity contribution in [2.45, 2.75) is 6.67 Å². The smallest absolute Gasteiger partial charge is 0.119 e. The van der Waals surface area contributed by atoms with Crippen molar-refractivity contribution in [2.24, 2.45) is 0 Å². The number of rotatable bonds is 4. The van der Waals surface area contributed by atoms with E-state index in [1.807, 2.05) is 0 Å². The Hall–Kier alpha value is -1.31. The van der Waals surface area contributed by atoms with Gasteiger partial charge in [0.2, 0.25) is 0 Å². The first-order valence-electron chi connectivity index (χ1n) is 3.75. The molecule has 1 aromatic carbocycles. The number of ether oxygens (including phenoxy) is 1. The topological polar surface area (TPSA) is 9.23 Å². The van der Waals surface area contributed by atoms with Gasteiger partial charge in [0.05, 0.1) is 0 Å². The normalized spacial score (nSPS) is 9.42. The average Bonchev–Trinajstić information content (AvgIpc) is 2.15. The zero-order valence-corrected chi connectivity index (χ0v) is 6.79. The zero-order valence-electron chi connectivity index (χ0n) is 6.79. The molecule has 0 heterocycles. The van der Waals surface area contributed by atoms with Gasteiger partial charge in [-0.1, -0.05) is 24.8 Å². The highest BCUT2D eigenvalue weighted by Crippen LogP contribution is 2.12. The predicted octanol–water partition coefficient (Wildman–Crippen LogP) is 2.72. The highest BCUT2D eigenvalue weighted by molar-refractivity contribution is 5.26. The molecule has 1 aromatic rings. The maximum atomic E-state index is 12.1. The van der Waals surface area contributed by atoms with Gasteiger partial charge in [0.1, 0.15) is 19.0 Å². The van der Waals surface area contributed by atoms with Crippen molar-refractivity contribution >= 4 is 0 Å². The molecule has 1 rings (SSSR count). The molecule has 0 amide bonds. The molecule has 0 atom stereocenters. The molecule has 1 nitrogen and oxygen atoms in total. The minimum Gasteiger partial charge on any atom is -0.490 e. The highest BCUT2D eigenvalue weighted by Gasteiger charge is 1.92. The van der Waals surface area contributed by atoms with Crippen LogP contribution in [0.5, 0.6) is 5.75 Å². The molecule has 0 radical (unpaired) electrons. The second kappa shape index (κ2) is 4.54. The van der Waals surface area contributed by atoms with Gasteiger partial charge in [-0.05, 0) is 17.7 Å². The van der Waals surface area contributed by atoms with Crippen molar-refractivity contribution in [3.8, 4) is 5.75 Å². The maximum absolute atomic E-state index is 12.1. The van der Waals surface area contributed by atoms with Gasteiger partial charge in [0.25, 0.3) is 0 Å². The van der Waals surface area contributed by atoms with E-state index in [-0.39, 0.29) is 0 Å². The lowest BCUT2D eigenvalue weighted by atomic mass is 10.2. The fourth-order valence-corrected chi connectivity index (χ4v) is 0.830. The van der Waals surface area contributed by atoms with Crippen molar-refractivity contribution in [3.05, 3.63) is 42.5 Å². The summed E-state index contributed by atoms with van der Waals surface area (Å²) in [6.45, 7) is 3.58. The molecule has 0 saturated heterocycles. The number of hydrogen-bond donors (Lipinski definition) is 0. The Morgan fingerprint density at radius 1 is 1.33 bits per heavy atom. The van der Waals surface area contributed by atoms with E-state index in [1.165, 1.54) is 0 Å². The van der Waals surface area contributed by atoms with E-state index in [9.17, 15) is 4.39 Å². The molecular weight excluding hydrogens is 155 g/mol. The predicted molar refractivity (Wildman–Crippen MR) is 46.9 cm³/mol. The zero-order chi connectivity index (χ0) is 8.81. The van der Waals surface area contributed by atoms with E-state index in [0.717, 1.165) is 5.75 Å². The molecule has 0 N–H and O–H groups in total. The molecule has 64 valence electrons. The average molecular weight is 166 g/mol. The molecule has 0 aliphatic heterocycles. The quantitative estimate of drug-likeness (QED) is 0.625. The van der Waals surface area contributed by atoms with Gasteiger partial charge in [-0.2, -0.15) is 0 Å². The summed E-state index contributed by atoms with van der Waals surface area (Å²) in [4.78, 5) is 0. The molecule has 12 heavy (non-hydrogen) atoms. The summed E-state index contributed by atoms with van der Waals surface area (Å²) < 4.78 is 17.3. The van der Waals surface area contributed by atoms with Gasteiger partial charge >= 0.3 is 0 Å². The van der Waals surface area contributed by atoms with Crippen molar-refractivity contribution in [1.82, 2.24) is 0 Å². The monoisotopic (exact) mass is 166 g/mol. The molecule has 0 fully saturated rings. The van der Waals surface area contributed by atoms with Crippen LogP contribution in [0.25, 0.3) is 0 Å². The van der Waals surface area contributed by atoms with Crippen molar-refractivity contribution < 1.29 is 9.13 Å². The molecule has 0 bridgehead atoms. The van der Waals surface area contributed by atoms with Gasteiger partial charge in [-0.25, -0.2) is 4.39 Å². The number of benzene rings is 1. The fourth-order valence-electron chi connectivity index (χ4n) is 0.830. The Labute approximate surface area is 71.5 Å². The lowest BCUT2D eigenvalue weighted by Gasteiger charge is -2.02. The first-order chi connectivity index (χ1) is 5.86. The second-order valence-corrected chi connectivity index (χ2v) is 2.38. The Kier molecular flexibility index (Phi) is 3.33. The molecule has 0 spiro atoms. The van der Waals surface area contributed by atoms with E-state index < -0.39 is 6.67 Å². The number of hydrogen-bond acceptors (Lipinski definition) is 1. The minimum atomic E-state index is -0.429. The first kappa shape index (κ1) is 8.78. The van der Waals surface area contributed by atoms with Gasteiger partial charge in [0, 0.05) is 0 Å². The third kappa shape index (κ3) is 2.38. The van der Waals surface area contributed by atoms with Crippen LogP contribution in [0, 0.1) is 0 Å². The summed E-state index contributed by atoms with van der Waals surface area (Å²) in [5.74, 6) is 0.743. The van der Waals surface area contributed by atoms with E-state index in [2.05, 4.69) is 6.58 Å². The molecule has 2 heteroatoms. The Balaban J connectivity index is 2.58. The third-order valence-electron chi connectivity index (χ3n) is 1.45. The summed E-state index contributed by atoms with van der Waals surface area (Å²) >= 11 is 0. The van der Waals surface area contributed by atoms with E-state index in [4.69, 9.17) is 4.74 Å². The summed E-state index contributed by atoms with van der Waals surface area (Å²) in [5.41, 5.74) is 0.668. The van der Waals surface area contributed by atoms with Gasteiger partial charge in [-0.15, -0.1) is 0 Å². The largest absolute Gasteiger partial charge is 0.490 e. The van der Waals surface area contributed by atoms with Crippen LogP contribution < -0.4 is 4.74 Å². The molecule has 0 aromatic heterocycles. The summed E-state index contributed by atoms with van der Waals surface area (Å²) in [6, 6.07) is 6.91. The van der Waals surface area contributed by atoms with Crippen LogP contribution in [-0.2, 0) is 6.67 Å². The van der Waals surface area contributed by atoms with Crippen LogP contribution >= 0.6 is 0 Å². The minimum absolute atomic E-state index is 0.429. The van der Waals surface area contributed by atoms with Crippen LogP contribution in [0.2, 0.25) is 0 Å². The van der Waals surface area contributed by atoms with E-state index in [1.54, 1.807) is 30.3 Å². The van der Waals surface area contributed by atoms with Crippen LogP contribution in [0.3, 0.4) is 0 Å². The van der Waals surface area contributed by atoms with E-state index in [0.29, 0.717) is 12.2 Å². The number of halogens is 1. The van der Waals surface area contributed by atoms with Gasteiger partial charge < -0.3 is 4.74 Å². The first-order valence-corrected chi connectivity index (χ1v) is 3.75. The lowest BCUT2D eigenvalue weighted by molar-refractivity contribution is 0.363. The SMILES string of the molecule is C=CCOc1ccc(CF)cc1. The van der Waals surface area contributed by atoms with Gasteiger partial charge in [0.15, 0.2) is 0 Å². The second-order valence-electron chi connectivity index (χ2n) is 2.38. The highest BCUT2D eigenvalue weighted by atomic mass is 19.1. The van der Waals surface area contributed by atoms with Crippen LogP contribution in [0.4, 0.5) is 4.39 Å². The Morgan fingerprint density at radius 3 is 2.50 bits per heavy atom. The lowest BCUT2D eigenvalue weighted by Crippen LogP contribution is -1.92. The molecule has 0 aliphatic carbocycles.